The van der Waals surface area contributed by atoms with Crippen molar-refractivity contribution in [1.82, 2.24) is 14.5 Å². The monoisotopic (exact) mass is 566 g/mol. The van der Waals surface area contributed by atoms with E-state index in [1.54, 1.807) is 31.2 Å². The van der Waals surface area contributed by atoms with Gasteiger partial charge in [0.2, 0.25) is 21.8 Å². The Morgan fingerprint density at radius 1 is 1.12 bits per heavy atom. The molecule has 1 amide bonds. The molecule has 3 N–H and O–H groups in total. The Bertz CT molecular complexity index is 1630. The summed E-state index contributed by atoms with van der Waals surface area (Å²) in [5.41, 5.74) is 1.72. The first-order valence-electron chi connectivity index (χ1n) is 12.5. The second kappa shape index (κ2) is 11.8. The lowest BCUT2D eigenvalue weighted by Gasteiger charge is -2.16. The average Bonchev–Trinajstić information content (AvgIpc) is 3.56. The van der Waals surface area contributed by atoms with Crippen molar-refractivity contribution in [3.63, 3.8) is 0 Å². The van der Waals surface area contributed by atoms with Crippen molar-refractivity contribution in [1.29, 1.82) is 0 Å². The quantitative estimate of drug-likeness (QED) is 0.228. The van der Waals surface area contributed by atoms with E-state index in [4.69, 9.17) is 9.15 Å². The van der Waals surface area contributed by atoms with Crippen LogP contribution in [0.4, 0.5) is 5.69 Å². The molecule has 210 valence electrons. The molecule has 0 bridgehead atoms. The molecule has 2 aromatic carbocycles. The van der Waals surface area contributed by atoms with Gasteiger partial charge in [-0.1, -0.05) is 31.5 Å². The molecular formula is C28H30N4O7S. The highest BCUT2D eigenvalue weighted by Crippen LogP contribution is 2.35. The number of carboxylic acid groups (broad SMARTS) is 1. The number of anilines is 1. The van der Waals surface area contributed by atoms with Crippen LogP contribution in [0, 0.1) is 19.8 Å². The summed E-state index contributed by atoms with van der Waals surface area (Å²) in [4.78, 5) is 24.1. The lowest BCUT2D eigenvalue weighted by atomic mass is 10.1. The molecule has 0 aliphatic heterocycles. The van der Waals surface area contributed by atoms with Gasteiger partial charge in [-0.25, -0.2) is 17.9 Å². The molecule has 0 saturated heterocycles. The Labute approximate surface area is 231 Å². The number of furan rings is 1. The SMILES string of the molecule is CC[C@H](C)C(=O)Nc1ccc(Oc2c(C)c(C(=O)O)nn2-c2ccc(C)cc2)c(S(=O)(=O)NCc2ccco2)c1. The number of aromatic nitrogens is 2. The van der Waals surface area contributed by atoms with Crippen molar-refractivity contribution in [3.05, 3.63) is 83.4 Å². The van der Waals surface area contributed by atoms with Crippen LogP contribution < -0.4 is 14.8 Å². The van der Waals surface area contributed by atoms with Gasteiger partial charge in [-0.3, -0.25) is 4.79 Å². The second-order valence-corrected chi connectivity index (χ2v) is 11.0. The minimum Gasteiger partial charge on any atom is -0.476 e. The van der Waals surface area contributed by atoms with Gasteiger partial charge >= 0.3 is 5.97 Å². The van der Waals surface area contributed by atoms with Crippen LogP contribution in [0.25, 0.3) is 5.69 Å². The largest absolute Gasteiger partial charge is 0.476 e. The molecule has 12 heteroatoms. The third-order valence-electron chi connectivity index (χ3n) is 6.33. The summed E-state index contributed by atoms with van der Waals surface area (Å²) < 4.78 is 42.1. The van der Waals surface area contributed by atoms with Gasteiger partial charge in [0, 0.05) is 17.2 Å². The van der Waals surface area contributed by atoms with Crippen LogP contribution in [0.1, 0.15) is 47.6 Å². The number of carbonyl (C=O) groups excluding carboxylic acids is 1. The summed E-state index contributed by atoms with van der Waals surface area (Å²) in [6.45, 7) is 6.96. The molecule has 11 nitrogen and oxygen atoms in total. The number of aryl methyl sites for hydroxylation is 1. The zero-order valence-corrected chi connectivity index (χ0v) is 23.3. The number of carbonyl (C=O) groups is 2. The number of benzene rings is 2. The summed E-state index contributed by atoms with van der Waals surface area (Å²) in [5, 5.41) is 16.7. The molecule has 0 radical (unpaired) electrons. The van der Waals surface area contributed by atoms with E-state index in [1.165, 1.54) is 36.1 Å². The van der Waals surface area contributed by atoms with Crippen molar-refractivity contribution < 1.29 is 32.3 Å². The maximum Gasteiger partial charge on any atom is 0.356 e. The molecule has 1 atom stereocenters. The highest BCUT2D eigenvalue weighted by molar-refractivity contribution is 7.89. The number of carboxylic acids is 1. The van der Waals surface area contributed by atoms with Crippen LogP contribution in [0.2, 0.25) is 0 Å². The molecule has 0 aliphatic rings. The van der Waals surface area contributed by atoms with Crippen molar-refractivity contribution in [3.8, 4) is 17.3 Å². The fourth-order valence-electron chi connectivity index (χ4n) is 3.76. The normalized spacial score (nSPS) is 12.2. The van der Waals surface area contributed by atoms with E-state index < -0.39 is 16.0 Å². The molecular weight excluding hydrogens is 536 g/mol. The molecule has 4 aromatic rings. The van der Waals surface area contributed by atoms with Gasteiger partial charge in [0.15, 0.2) is 5.69 Å². The summed E-state index contributed by atoms with van der Waals surface area (Å²) in [5.74, 6) is -1.48. The second-order valence-electron chi connectivity index (χ2n) is 9.30. The first-order valence-corrected chi connectivity index (χ1v) is 14.0. The third kappa shape index (κ3) is 6.24. The van der Waals surface area contributed by atoms with Crippen molar-refractivity contribution in [2.45, 2.75) is 45.6 Å². The molecule has 4 rings (SSSR count). The minimum atomic E-state index is -4.21. The summed E-state index contributed by atoms with van der Waals surface area (Å²) in [6.07, 6.45) is 2.04. The van der Waals surface area contributed by atoms with Crippen LogP contribution in [-0.2, 0) is 21.4 Å². The van der Waals surface area contributed by atoms with E-state index >= 15 is 0 Å². The minimum absolute atomic E-state index is 0.0279. The van der Waals surface area contributed by atoms with Gasteiger partial charge in [-0.2, -0.15) is 9.78 Å². The first-order chi connectivity index (χ1) is 19.0. The smallest absolute Gasteiger partial charge is 0.356 e. The third-order valence-corrected chi connectivity index (χ3v) is 7.76. The van der Waals surface area contributed by atoms with Gasteiger partial charge in [0.25, 0.3) is 0 Å². The van der Waals surface area contributed by atoms with Crippen molar-refractivity contribution >= 4 is 27.6 Å². The van der Waals surface area contributed by atoms with E-state index in [9.17, 15) is 23.1 Å². The van der Waals surface area contributed by atoms with Crippen molar-refractivity contribution in [2.24, 2.45) is 5.92 Å². The number of amides is 1. The number of nitrogens with one attached hydrogen (secondary N) is 2. The average molecular weight is 567 g/mol. The van der Waals surface area contributed by atoms with E-state index in [0.29, 0.717) is 17.9 Å². The van der Waals surface area contributed by atoms with Crippen LogP contribution in [0.5, 0.6) is 11.6 Å². The van der Waals surface area contributed by atoms with Gasteiger partial charge in [-0.05, 0) is 62.7 Å². The van der Waals surface area contributed by atoms with E-state index in [0.717, 1.165) is 5.56 Å². The Kier molecular flexibility index (Phi) is 8.40. The Morgan fingerprint density at radius 2 is 1.85 bits per heavy atom. The van der Waals surface area contributed by atoms with Crippen LogP contribution in [-0.4, -0.2) is 35.2 Å². The van der Waals surface area contributed by atoms with Gasteiger partial charge in [-0.15, -0.1) is 0 Å². The van der Waals surface area contributed by atoms with E-state index in [-0.39, 0.29) is 51.8 Å². The summed E-state index contributed by atoms with van der Waals surface area (Å²) in [6, 6.07) is 14.6. The maximum atomic E-state index is 13.5. The Morgan fingerprint density at radius 3 is 2.48 bits per heavy atom. The van der Waals surface area contributed by atoms with Gasteiger partial charge < -0.3 is 19.6 Å². The van der Waals surface area contributed by atoms with Crippen LogP contribution in [0.15, 0.2) is 70.2 Å². The number of aromatic carboxylic acids is 1. The number of sulfonamides is 1. The molecule has 2 heterocycles. The maximum absolute atomic E-state index is 13.5. The molecule has 0 saturated carbocycles. The molecule has 0 aliphatic carbocycles. The fourth-order valence-corrected chi connectivity index (χ4v) is 4.90. The van der Waals surface area contributed by atoms with E-state index in [1.807, 2.05) is 26.0 Å². The summed E-state index contributed by atoms with van der Waals surface area (Å²) >= 11 is 0. The van der Waals surface area contributed by atoms with Crippen LogP contribution in [0.3, 0.4) is 0 Å². The van der Waals surface area contributed by atoms with Gasteiger partial charge in [0.05, 0.1) is 18.5 Å². The number of hydrogen-bond acceptors (Lipinski definition) is 7. The molecule has 0 unspecified atom stereocenters. The van der Waals surface area contributed by atoms with Crippen LogP contribution >= 0.6 is 0 Å². The number of ether oxygens (including phenoxy) is 1. The topological polar surface area (TPSA) is 153 Å². The molecule has 40 heavy (non-hydrogen) atoms. The van der Waals surface area contributed by atoms with Gasteiger partial charge in [0.1, 0.15) is 16.4 Å². The first kappa shape index (κ1) is 28.6. The predicted molar refractivity (Wildman–Crippen MR) is 147 cm³/mol. The lowest BCUT2D eigenvalue weighted by Crippen LogP contribution is -2.24. The Balaban J connectivity index is 1.80. The van der Waals surface area contributed by atoms with Crippen molar-refractivity contribution in [2.75, 3.05) is 5.32 Å². The van der Waals surface area contributed by atoms with E-state index in [2.05, 4.69) is 15.1 Å². The highest BCUT2D eigenvalue weighted by atomic mass is 32.2. The number of hydrogen-bond donors (Lipinski definition) is 3. The number of rotatable bonds is 11. The predicted octanol–water partition coefficient (Wildman–Crippen LogP) is 5.04. The molecule has 2 aromatic heterocycles. The standard InChI is InChI=1S/C28H30N4O7S/c1-5-18(3)26(33)30-20-10-13-23(24(15-20)40(36,37)29-16-22-7-6-14-38-22)39-27-19(4)25(28(34)35)31-32(27)21-11-8-17(2)9-12-21/h6-15,18,29H,5,16H2,1-4H3,(H,30,33)(H,34,35)/t18-/m0/s1. The zero-order chi connectivity index (χ0) is 29.0. The highest BCUT2D eigenvalue weighted by Gasteiger charge is 2.27. The summed E-state index contributed by atoms with van der Waals surface area (Å²) in [7, 11) is -4.21. The Hall–Kier alpha value is -4.42. The number of nitrogens with zero attached hydrogens (tertiary/aromatic N) is 2. The lowest BCUT2D eigenvalue weighted by molar-refractivity contribution is -0.119. The zero-order valence-electron chi connectivity index (χ0n) is 22.5. The fraction of sp³-hybridized carbons (Fsp3) is 0.250. The molecule has 0 fully saturated rings. The molecule has 0 spiro atoms.